The van der Waals surface area contributed by atoms with Crippen molar-refractivity contribution in [3.8, 4) is 0 Å². The third-order valence-electron chi connectivity index (χ3n) is 10.5. The zero-order valence-corrected chi connectivity index (χ0v) is 33.0. The molecule has 2 rings (SSSR count). The Kier molecular flexibility index (Phi) is 30.7. The van der Waals surface area contributed by atoms with Gasteiger partial charge in [-0.2, -0.15) is 0 Å². The molecule has 0 aliphatic carbocycles. The van der Waals surface area contributed by atoms with Crippen LogP contribution in [-0.4, -0.2) is 51.5 Å². The molecule has 1 heterocycles. The fraction of sp³-hybridized carbons (Fsp3) is 0.837. The lowest BCUT2D eigenvalue weighted by Crippen LogP contribution is -2.52. The normalized spacial score (nSPS) is 14.7. The number of ether oxygens (including phenoxy) is 2. The van der Waals surface area contributed by atoms with Crippen molar-refractivity contribution in [2.75, 3.05) is 39.5 Å². The second-order valence-electron chi connectivity index (χ2n) is 14.8. The molecule has 49 heavy (non-hydrogen) atoms. The van der Waals surface area contributed by atoms with Crippen molar-refractivity contribution in [2.24, 2.45) is 0 Å². The topological polar surface area (TPSA) is 59.6 Å². The van der Waals surface area contributed by atoms with Gasteiger partial charge in [0.1, 0.15) is 0 Å². The second kappa shape index (κ2) is 32.7. The highest BCUT2D eigenvalue weighted by Gasteiger charge is 2.41. The summed E-state index contributed by atoms with van der Waals surface area (Å²) in [4.78, 5) is 13.8. The number of piperidine rings is 1. The Bertz CT molecular complexity index is 849. The van der Waals surface area contributed by atoms with Crippen molar-refractivity contribution in [3.63, 3.8) is 0 Å². The zero-order valence-electron chi connectivity index (χ0n) is 32.2. The van der Waals surface area contributed by atoms with Crippen LogP contribution in [-0.2, 0) is 19.7 Å². The second-order valence-corrected chi connectivity index (χ2v) is 14.8. The number of carbonyl (C=O) groups excluding carboxylic acids is 1. The van der Waals surface area contributed by atoms with Gasteiger partial charge in [-0.05, 0) is 44.3 Å². The maximum atomic E-state index is 13.8. The summed E-state index contributed by atoms with van der Waals surface area (Å²) in [6.45, 7) is 8.89. The number of amides is 1. The summed E-state index contributed by atoms with van der Waals surface area (Å²) in [5.41, 5.74) is 0.656. The van der Waals surface area contributed by atoms with Crippen molar-refractivity contribution in [1.29, 1.82) is 0 Å². The van der Waals surface area contributed by atoms with Crippen LogP contribution in [0.4, 0.5) is 0 Å². The Morgan fingerprint density at radius 2 is 1.08 bits per heavy atom. The summed E-state index contributed by atoms with van der Waals surface area (Å²) in [7, 11) is 0. The Balaban J connectivity index is 0.0000120. The molecule has 0 spiro atoms. The van der Waals surface area contributed by atoms with E-state index in [4.69, 9.17) is 9.47 Å². The lowest BCUT2D eigenvalue weighted by molar-refractivity contribution is -0.128. The van der Waals surface area contributed by atoms with E-state index in [2.05, 4.69) is 48.7 Å². The third-order valence-corrected chi connectivity index (χ3v) is 10.5. The average molecular weight is 708 g/mol. The highest BCUT2D eigenvalue weighted by atomic mass is 35.5. The van der Waals surface area contributed by atoms with Gasteiger partial charge in [-0.25, -0.2) is 0 Å². The molecule has 0 radical (unpaired) electrons. The Labute approximate surface area is 310 Å². The first-order valence-corrected chi connectivity index (χ1v) is 21.0. The molecule has 1 atom stereocenters. The molecule has 286 valence electrons. The monoisotopic (exact) mass is 707 g/mol. The highest BCUT2D eigenvalue weighted by molar-refractivity contribution is 5.88. The average Bonchev–Trinajstić information content (AvgIpc) is 3.12. The van der Waals surface area contributed by atoms with Crippen LogP contribution in [0.3, 0.4) is 0 Å². The molecule has 0 bridgehead atoms. The molecule has 1 fully saturated rings. The molecule has 1 aromatic rings. The van der Waals surface area contributed by atoms with Gasteiger partial charge in [0, 0.05) is 19.8 Å². The van der Waals surface area contributed by atoms with Crippen LogP contribution in [0.5, 0.6) is 0 Å². The molecular formula is C43H79ClN2O3. The smallest absolute Gasteiger partial charge is 0.230 e. The van der Waals surface area contributed by atoms with Gasteiger partial charge in [0.05, 0.1) is 18.1 Å². The van der Waals surface area contributed by atoms with Gasteiger partial charge in [-0.15, -0.1) is 12.4 Å². The predicted molar refractivity (Wildman–Crippen MR) is 213 cm³/mol. The summed E-state index contributed by atoms with van der Waals surface area (Å²) in [6, 6.07) is 10.4. The molecule has 1 unspecified atom stereocenters. The molecule has 1 saturated heterocycles. The zero-order chi connectivity index (χ0) is 34.2. The minimum absolute atomic E-state index is 0. The number of benzene rings is 1. The highest BCUT2D eigenvalue weighted by Crippen LogP contribution is 2.33. The standard InChI is InChI=1S/C43H78N2O3.ClH/c1-3-5-7-9-11-13-15-17-19-21-23-28-36-47-39-41(48-37-29-24-22-20-18-16-14-12-10-8-6-4-2)38-45-42(46)43(32-34-44-35-33-43)40-30-26-25-27-31-40;/h25-27,30-31,41,44H,3-24,28-29,32-39H2,1-2H3,(H,45,46);1H. The fourth-order valence-electron chi connectivity index (χ4n) is 7.25. The maximum absolute atomic E-state index is 13.8. The van der Waals surface area contributed by atoms with E-state index in [9.17, 15) is 4.79 Å². The van der Waals surface area contributed by atoms with Gasteiger partial charge < -0.3 is 20.1 Å². The lowest BCUT2D eigenvalue weighted by Gasteiger charge is -2.37. The quantitative estimate of drug-likeness (QED) is 0.0714. The molecule has 1 amide bonds. The van der Waals surface area contributed by atoms with E-state index in [0.717, 1.165) is 57.6 Å². The third kappa shape index (κ3) is 22.4. The fourth-order valence-corrected chi connectivity index (χ4v) is 7.25. The number of halogens is 1. The van der Waals surface area contributed by atoms with E-state index in [1.54, 1.807) is 0 Å². The van der Waals surface area contributed by atoms with Crippen LogP contribution in [0, 0.1) is 0 Å². The molecule has 6 heteroatoms. The number of unbranched alkanes of at least 4 members (excludes halogenated alkanes) is 22. The minimum atomic E-state index is -0.470. The summed E-state index contributed by atoms with van der Waals surface area (Å²) in [6.07, 6.45) is 33.8. The first kappa shape index (κ1) is 45.9. The molecule has 2 N–H and O–H groups in total. The van der Waals surface area contributed by atoms with Gasteiger partial charge in [0.15, 0.2) is 0 Å². The van der Waals surface area contributed by atoms with Crippen LogP contribution < -0.4 is 10.6 Å². The van der Waals surface area contributed by atoms with E-state index in [1.165, 1.54) is 141 Å². The predicted octanol–water partition coefficient (Wildman–Crippen LogP) is 11.6. The number of carbonyl (C=O) groups is 1. The molecule has 1 aliphatic rings. The van der Waals surface area contributed by atoms with Gasteiger partial charge >= 0.3 is 0 Å². The molecule has 1 aromatic carbocycles. The van der Waals surface area contributed by atoms with Crippen molar-refractivity contribution in [1.82, 2.24) is 10.6 Å². The van der Waals surface area contributed by atoms with Crippen LogP contribution in [0.15, 0.2) is 30.3 Å². The number of nitrogens with one attached hydrogen (secondary N) is 2. The van der Waals surface area contributed by atoms with E-state index in [1.807, 2.05) is 6.07 Å². The largest absolute Gasteiger partial charge is 0.379 e. The summed E-state index contributed by atoms with van der Waals surface area (Å²) < 4.78 is 12.5. The Hall–Kier alpha value is -1.14. The molecule has 1 aliphatic heterocycles. The van der Waals surface area contributed by atoms with Crippen molar-refractivity contribution in [3.05, 3.63) is 35.9 Å². The lowest BCUT2D eigenvalue weighted by atomic mass is 9.72. The number of hydrogen-bond donors (Lipinski definition) is 2. The molecule has 0 saturated carbocycles. The van der Waals surface area contributed by atoms with Crippen molar-refractivity contribution < 1.29 is 14.3 Å². The van der Waals surface area contributed by atoms with E-state index < -0.39 is 5.41 Å². The van der Waals surface area contributed by atoms with E-state index in [-0.39, 0.29) is 24.4 Å². The Morgan fingerprint density at radius 1 is 0.653 bits per heavy atom. The van der Waals surface area contributed by atoms with Crippen molar-refractivity contribution >= 4 is 18.3 Å². The summed E-state index contributed by atoms with van der Waals surface area (Å²) in [5.74, 6) is 0.134. The molecule has 5 nitrogen and oxygen atoms in total. The summed E-state index contributed by atoms with van der Waals surface area (Å²) >= 11 is 0. The van der Waals surface area contributed by atoms with Gasteiger partial charge in [-0.3, -0.25) is 4.79 Å². The van der Waals surface area contributed by atoms with E-state index >= 15 is 0 Å². The van der Waals surface area contributed by atoms with Crippen LogP contribution >= 0.6 is 12.4 Å². The van der Waals surface area contributed by atoms with E-state index in [0.29, 0.717) is 13.2 Å². The number of hydrogen-bond acceptors (Lipinski definition) is 4. The maximum Gasteiger partial charge on any atom is 0.230 e. The number of rotatable bonds is 33. The molecule has 0 aromatic heterocycles. The SMILES string of the molecule is CCCCCCCCCCCCCCOCC(CNC(=O)C1(c2ccccc2)CCNCC1)OCCCCCCCCCCCCCC.Cl. The first-order chi connectivity index (χ1) is 23.7. The first-order valence-electron chi connectivity index (χ1n) is 21.0. The van der Waals surface area contributed by atoms with Crippen molar-refractivity contribution in [2.45, 2.75) is 192 Å². The van der Waals surface area contributed by atoms with Gasteiger partial charge in [0.2, 0.25) is 5.91 Å². The minimum Gasteiger partial charge on any atom is -0.379 e. The summed E-state index contributed by atoms with van der Waals surface area (Å²) in [5, 5.41) is 6.76. The van der Waals surface area contributed by atoms with Crippen LogP contribution in [0.1, 0.15) is 186 Å². The van der Waals surface area contributed by atoms with Crippen LogP contribution in [0.25, 0.3) is 0 Å². The van der Waals surface area contributed by atoms with Crippen LogP contribution in [0.2, 0.25) is 0 Å². The van der Waals surface area contributed by atoms with Gasteiger partial charge in [-0.1, -0.05) is 185 Å². The van der Waals surface area contributed by atoms with Gasteiger partial charge in [0.25, 0.3) is 0 Å². The Morgan fingerprint density at radius 3 is 1.55 bits per heavy atom. The molecular weight excluding hydrogens is 628 g/mol.